The van der Waals surface area contributed by atoms with Crippen molar-refractivity contribution in [2.45, 2.75) is 0 Å². The Morgan fingerprint density at radius 3 is 1.82 bits per heavy atom. The standard InChI is InChI=1S/C13H9Cl2NO/c14-11-3-1-10(2-4-11)9-16(17)13-7-5-12(15)6-8-13/h1-9H/b16-9-. The first kappa shape index (κ1) is 12.0. The third-order valence-electron chi connectivity index (χ3n) is 2.22. The number of nitrogens with zero attached hydrogens (tertiary/aromatic N) is 1. The van der Waals surface area contributed by atoms with Crippen LogP contribution in [0.15, 0.2) is 48.5 Å². The molecule has 0 amide bonds. The molecular weight excluding hydrogens is 257 g/mol. The summed E-state index contributed by atoms with van der Waals surface area (Å²) in [6, 6.07) is 13.7. The molecule has 2 nitrogen and oxygen atoms in total. The molecule has 0 radical (unpaired) electrons. The molecule has 0 bridgehead atoms. The maximum absolute atomic E-state index is 11.8. The van der Waals surface area contributed by atoms with E-state index in [2.05, 4.69) is 0 Å². The maximum Gasteiger partial charge on any atom is 0.216 e. The molecule has 0 spiro atoms. The predicted octanol–water partition coefficient (Wildman–Crippen LogP) is 4.25. The van der Waals surface area contributed by atoms with Gasteiger partial charge in [-0.05, 0) is 36.4 Å². The van der Waals surface area contributed by atoms with Crippen molar-refractivity contribution in [2.75, 3.05) is 0 Å². The Hall–Kier alpha value is -1.51. The summed E-state index contributed by atoms with van der Waals surface area (Å²) in [5, 5.41) is 13.0. The zero-order valence-corrected chi connectivity index (χ0v) is 10.3. The summed E-state index contributed by atoms with van der Waals surface area (Å²) < 4.78 is 0.791. The minimum atomic E-state index is 0.532. The van der Waals surface area contributed by atoms with Gasteiger partial charge in [-0.2, -0.15) is 4.74 Å². The van der Waals surface area contributed by atoms with Crippen molar-refractivity contribution in [1.29, 1.82) is 0 Å². The summed E-state index contributed by atoms with van der Waals surface area (Å²) in [5.41, 5.74) is 1.32. The Balaban J connectivity index is 2.27. The maximum atomic E-state index is 11.8. The van der Waals surface area contributed by atoms with Crippen molar-refractivity contribution in [3.05, 3.63) is 69.3 Å². The molecule has 0 aliphatic rings. The summed E-state index contributed by atoms with van der Waals surface area (Å²) in [5.74, 6) is 0. The average Bonchev–Trinajstić information content (AvgIpc) is 2.33. The van der Waals surface area contributed by atoms with Crippen molar-refractivity contribution in [1.82, 2.24) is 0 Å². The molecular formula is C13H9Cl2NO. The SMILES string of the molecule is [O-]/[N+](=C\c1ccc(Cl)cc1)c1ccc(Cl)cc1. The van der Waals surface area contributed by atoms with Crippen molar-refractivity contribution in [3.63, 3.8) is 0 Å². The molecule has 0 unspecified atom stereocenters. The average molecular weight is 266 g/mol. The molecule has 2 aromatic rings. The first-order valence-electron chi connectivity index (χ1n) is 4.97. The minimum Gasteiger partial charge on any atom is -0.618 e. The predicted molar refractivity (Wildman–Crippen MR) is 71.4 cm³/mol. The van der Waals surface area contributed by atoms with E-state index in [1.54, 1.807) is 48.5 Å². The van der Waals surface area contributed by atoms with Crippen LogP contribution in [0.3, 0.4) is 0 Å². The van der Waals surface area contributed by atoms with E-state index in [9.17, 15) is 5.21 Å². The molecule has 2 aromatic carbocycles. The number of rotatable bonds is 2. The van der Waals surface area contributed by atoms with E-state index in [1.165, 1.54) is 6.21 Å². The molecule has 0 saturated carbocycles. The number of hydrogen-bond donors (Lipinski definition) is 0. The molecule has 0 aliphatic carbocycles. The topological polar surface area (TPSA) is 26.1 Å². The third kappa shape index (κ3) is 3.22. The van der Waals surface area contributed by atoms with E-state index in [0.29, 0.717) is 15.7 Å². The Morgan fingerprint density at radius 1 is 0.824 bits per heavy atom. The van der Waals surface area contributed by atoms with Gasteiger partial charge < -0.3 is 5.21 Å². The molecule has 17 heavy (non-hydrogen) atoms. The summed E-state index contributed by atoms with van der Waals surface area (Å²) >= 11 is 11.5. The van der Waals surface area contributed by atoms with Gasteiger partial charge in [-0.1, -0.05) is 23.2 Å². The second-order valence-corrected chi connectivity index (χ2v) is 4.36. The molecule has 0 aliphatic heterocycles. The van der Waals surface area contributed by atoms with E-state index in [1.807, 2.05) is 0 Å². The fourth-order valence-corrected chi connectivity index (χ4v) is 1.60. The summed E-state index contributed by atoms with van der Waals surface area (Å²) in [4.78, 5) is 0. The van der Waals surface area contributed by atoms with Gasteiger partial charge >= 0.3 is 0 Å². The second kappa shape index (κ2) is 5.21. The highest BCUT2D eigenvalue weighted by atomic mass is 35.5. The summed E-state index contributed by atoms with van der Waals surface area (Å²) in [7, 11) is 0. The van der Waals surface area contributed by atoms with Gasteiger partial charge in [-0.15, -0.1) is 0 Å². The van der Waals surface area contributed by atoms with Crippen molar-refractivity contribution < 1.29 is 4.74 Å². The van der Waals surface area contributed by atoms with Crippen LogP contribution in [0.1, 0.15) is 5.56 Å². The molecule has 0 aromatic heterocycles. The number of hydrogen-bond acceptors (Lipinski definition) is 1. The normalized spacial score (nSPS) is 11.5. The van der Waals surface area contributed by atoms with Gasteiger partial charge in [-0.3, -0.25) is 0 Å². The van der Waals surface area contributed by atoms with Crippen LogP contribution in [0.2, 0.25) is 10.0 Å². The van der Waals surface area contributed by atoms with Crippen LogP contribution in [0.4, 0.5) is 5.69 Å². The van der Waals surface area contributed by atoms with E-state index < -0.39 is 0 Å². The zero-order chi connectivity index (χ0) is 12.3. The van der Waals surface area contributed by atoms with Crippen molar-refractivity contribution >= 4 is 35.1 Å². The Morgan fingerprint density at radius 2 is 1.29 bits per heavy atom. The largest absolute Gasteiger partial charge is 0.618 e. The molecule has 0 N–H and O–H groups in total. The zero-order valence-electron chi connectivity index (χ0n) is 8.81. The number of benzene rings is 2. The monoisotopic (exact) mass is 265 g/mol. The fraction of sp³-hybridized carbons (Fsp3) is 0. The first-order chi connectivity index (χ1) is 8.15. The van der Waals surface area contributed by atoms with Crippen LogP contribution in [0, 0.1) is 5.21 Å². The third-order valence-corrected chi connectivity index (χ3v) is 2.72. The van der Waals surface area contributed by atoms with Crippen LogP contribution >= 0.6 is 23.2 Å². The number of halogens is 2. The van der Waals surface area contributed by atoms with Gasteiger partial charge in [0.25, 0.3) is 0 Å². The summed E-state index contributed by atoms with van der Waals surface area (Å²) in [6.07, 6.45) is 1.49. The molecule has 4 heteroatoms. The first-order valence-corrected chi connectivity index (χ1v) is 5.73. The van der Waals surface area contributed by atoms with Gasteiger partial charge in [-0.25, -0.2) is 0 Å². The van der Waals surface area contributed by atoms with Gasteiger partial charge in [0.15, 0.2) is 6.21 Å². The Bertz CT molecular complexity index is 532. The van der Waals surface area contributed by atoms with E-state index >= 15 is 0 Å². The fourth-order valence-electron chi connectivity index (χ4n) is 1.35. The lowest BCUT2D eigenvalue weighted by Gasteiger charge is -2.02. The van der Waals surface area contributed by atoms with Crippen LogP contribution in [0.25, 0.3) is 0 Å². The van der Waals surface area contributed by atoms with Crippen LogP contribution in [-0.2, 0) is 0 Å². The minimum absolute atomic E-state index is 0.532. The molecule has 0 saturated heterocycles. The Labute approximate surface area is 109 Å². The molecule has 86 valence electrons. The highest BCUT2D eigenvalue weighted by Gasteiger charge is 2.01. The lowest BCUT2D eigenvalue weighted by molar-refractivity contribution is -0.354. The lowest BCUT2D eigenvalue weighted by Crippen LogP contribution is -1.98. The lowest BCUT2D eigenvalue weighted by atomic mass is 10.2. The molecule has 0 atom stereocenters. The van der Waals surface area contributed by atoms with Gasteiger partial charge in [0, 0.05) is 27.7 Å². The van der Waals surface area contributed by atoms with Gasteiger partial charge in [0.05, 0.1) is 0 Å². The van der Waals surface area contributed by atoms with Crippen LogP contribution in [0.5, 0.6) is 0 Å². The van der Waals surface area contributed by atoms with E-state index in [0.717, 1.165) is 10.3 Å². The second-order valence-electron chi connectivity index (χ2n) is 3.48. The molecule has 0 heterocycles. The quantitative estimate of drug-likeness (QED) is 0.345. The highest BCUT2D eigenvalue weighted by Crippen LogP contribution is 2.16. The molecule has 2 rings (SSSR count). The molecule has 0 fully saturated rings. The van der Waals surface area contributed by atoms with Crippen molar-refractivity contribution in [2.24, 2.45) is 0 Å². The van der Waals surface area contributed by atoms with Crippen LogP contribution < -0.4 is 0 Å². The highest BCUT2D eigenvalue weighted by molar-refractivity contribution is 6.30. The van der Waals surface area contributed by atoms with Gasteiger partial charge in [0.2, 0.25) is 5.69 Å². The summed E-state index contributed by atoms with van der Waals surface area (Å²) in [6.45, 7) is 0. The van der Waals surface area contributed by atoms with Crippen molar-refractivity contribution in [3.8, 4) is 0 Å². The van der Waals surface area contributed by atoms with E-state index in [-0.39, 0.29) is 0 Å². The Kier molecular flexibility index (Phi) is 3.67. The smallest absolute Gasteiger partial charge is 0.216 e. The van der Waals surface area contributed by atoms with Crippen LogP contribution in [-0.4, -0.2) is 11.0 Å². The van der Waals surface area contributed by atoms with Gasteiger partial charge in [0.1, 0.15) is 0 Å². The van der Waals surface area contributed by atoms with E-state index in [4.69, 9.17) is 23.2 Å².